The molecule has 0 spiro atoms. The first kappa shape index (κ1) is 19.9. The van der Waals surface area contributed by atoms with Gasteiger partial charge in [0.15, 0.2) is 0 Å². The lowest BCUT2D eigenvalue weighted by molar-refractivity contribution is -0.134. The normalized spacial score (nSPS) is 26.4. The first-order valence-electron chi connectivity index (χ1n) is 6.98. The highest BCUT2D eigenvalue weighted by Crippen LogP contribution is 2.19. The summed E-state index contributed by atoms with van der Waals surface area (Å²) >= 11 is 0. The quantitative estimate of drug-likeness (QED) is 0.818. The van der Waals surface area contributed by atoms with Gasteiger partial charge in [0.1, 0.15) is 0 Å². The predicted octanol–water partition coefficient (Wildman–Crippen LogP) is 0.889. The average molecular weight is 328 g/mol. The largest absolute Gasteiger partial charge is 0.376 e. The van der Waals surface area contributed by atoms with Crippen LogP contribution in [0.4, 0.5) is 0 Å². The van der Waals surface area contributed by atoms with E-state index in [0.717, 1.165) is 45.6 Å². The fourth-order valence-electron chi connectivity index (χ4n) is 2.92. The number of piperidine rings is 1. The number of carbonyl (C=O) groups excluding carboxylic acids is 1. The van der Waals surface area contributed by atoms with Crippen LogP contribution in [0.1, 0.15) is 26.7 Å². The van der Waals surface area contributed by atoms with Gasteiger partial charge in [-0.1, -0.05) is 0 Å². The third kappa shape index (κ3) is 5.04. The minimum absolute atomic E-state index is 0. The molecule has 0 aliphatic carbocycles. The Morgan fingerprint density at radius 3 is 2.35 bits per heavy atom. The summed E-state index contributed by atoms with van der Waals surface area (Å²) < 4.78 is 5.57. The molecule has 0 saturated carbocycles. The number of halogens is 2. The molecule has 2 aliphatic heterocycles. The van der Waals surface area contributed by atoms with Crippen molar-refractivity contribution in [3.8, 4) is 0 Å². The summed E-state index contributed by atoms with van der Waals surface area (Å²) in [7, 11) is 0. The smallest absolute Gasteiger partial charge is 0.239 e. The van der Waals surface area contributed by atoms with Gasteiger partial charge in [-0.25, -0.2) is 0 Å². The maximum atomic E-state index is 11.8. The van der Waals surface area contributed by atoms with E-state index in [2.05, 4.69) is 11.8 Å². The van der Waals surface area contributed by atoms with E-state index in [9.17, 15) is 4.79 Å². The molecule has 2 rings (SSSR count). The number of amides is 1. The molecule has 0 aromatic carbocycles. The monoisotopic (exact) mass is 327 g/mol. The number of ether oxygens (including phenoxy) is 1. The van der Waals surface area contributed by atoms with Crippen molar-refractivity contribution in [2.45, 2.75) is 44.9 Å². The summed E-state index contributed by atoms with van der Waals surface area (Å²) in [5, 5.41) is 0. The number of likely N-dealkylation sites (tertiary alicyclic amines) is 1. The molecule has 120 valence electrons. The van der Waals surface area contributed by atoms with Crippen molar-refractivity contribution in [1.82, 2.24) is 9.80 Å². The number of rotatable bonds is 2. The Balaban J connectivity index is 0.00000180. The van der Waals surface area contributed by atoms with Gasteiger partial charge in [0.05, 0.1) is 18.8 Å². The second-order valence-electron chi connectivity index (χ2n) is 5.52. The molecule has 1 unspecified atom stereocenters. The molecule has 0 bridgehead atoms. The highest BCUT2D eigenvalue weighted by molar-refractivity contribution is 5.85. The van der Waals surface area contributed by atoms with E-state index in [1.807, 2.05) is 4.90 Å². The Labute approximate surface area is 134 Å². The van der Waals surface area contributed by atoms with Crippen molar-refractivity contribution >= 4 is 30.7 Å². The molecule has 2 aliphatic rings. The van der Waals surface area contributed by atoms with E-state index in [4.69, 9.17) is 10.5 Å². The first-order chi connectivity index (χ1) is 8.58. The van der Waals surface area contributed by atoms with E-state index in [1.54, 1.807) is 6.92 Å². The number of carbonyl (C=O) groups is 1. The van der Waals surface area contributed by atoms with Gasteiger partial charge in [-0.05, 0) is 26.7 Å². The van der Waals surface area contributed by atoms with Gasteiger partial charge >= 0.3 is 0 Å². The molecular weight excluding hydrogens is 301 g/mol. The molecule has 2 atom stereocenters. The zero-order chi connectivity index (χ0) is 13.1. The van der Waals surface area contributed by atoms with Gasteiger partial charge in [-0.3, -0.25) is 9.69 Å². The topological polar surface area (TPSA) is 58.8 Å². The number of hydrogen-bond acceptors (Lipinski definition) is 4. The fraction of sp³-hybridized carbons (Fsp3) is 0.923. The predicted molar refractivity (Wildman–Crippen MR) is 84.7 cm³/mol. The second-order valence-corrected chi connectivity index (χ2v) is 5.52. The Hall–Kier alpha value is -0.0700. The summed E-state index contributed by atoms with van der Waals surface area (Å²) in [6.07, 6.45) is 2.46. The molecule has 20 heavy (non-hydrogen) atoms. The fourth-order valence-corrected chi connectivity index (χ4v) is 2.92. The molecule has 7 heteroatoms. The highest BCUT2D eigenvalue weighted by Gasteiger charge is 2.29. The van der Waals surface area contributed by atoms with Crippen LogP contribution in [0.25, 0.3) is 0 Å². The average Bonchev–Trinajstić information content (AvgIpc) is 2.38. The third-order valence-corrected chi connectivity index (χ3v) is 3.95. The second kappa shape index (κ2) is 9.05. The minimum Gasteiger partial charge on any atom is -0.376 e. The third-order valence-electron chi connectivity index (χ3n) is 3.95. The van der Waals surface area contributed by atoms with Gasteiger partial charge in [-0.2, -0.15) is 0 Å². The van der Waals surface area contributed by atoms with E-state index in [1.165, 1.54) is 0 Å². The van der Waals surface area contributed by atoms with Crippen LogP contribution in [0.15, 0.2) is 0 Å². The van der Waals surface area contributed by atoms with Crippen molar-refractivity contribution < 1.29 is 9.53 Å². The summed E-state index contributed by atoms with van der Waals surface area (Å²) in [6.45, 7) is 8.45. The summed E-state index contributed by atoms with van der Waals surface area (Å²) in [6, 6.07) is 0.235. The SMILES string of the molecule is CC1CN(C2CCN(C(=O)[C@@H](C)N)CC2)CCO1.Cl.Cl. The first-order valence-corrected chi connectivity index (χ1v) is 6.98. The standard InChI is InChI=1S/C13H25N3O2.2ClH/c1-10-9-16(7-8-18-10)12-3-5-15(6-4-12)13(17)11(2)14;;/h10-12H,3-9,14H2,1-2H3;2*1H/t10?,11-;;/m1../s1. The number of morpholine rings is 1. The van der Waals surface area contributed by atoms with Crippen LogP contribution in [0.5, 0.6) is 0 Å². The zero-order valence-electron chi connectivity index (χ0n) is 12.3. The van der Waals surface area contributed by atoms with Crippen LogP contribution >= 0.6 is 24.8 Å². The number of nitrogens with two attached hydrogens (primary N) is 1. The van der Waals surface area contributed by atoms with Crippen molar-refractivity contribution in [3.05, 3.63) is 0 Å². The van der Waals surface area contributed by atoms with Gasteiger partial charge in [0.25, 0.3) is 0 Å². The Kier molecular flexibility index (Phi) is 9.02. The van der Waals surface area contributed by atoms with E-state index >= 15 is 0 Å². The number of hydrogen-bond donors (Lipinski definition) is 1. The van der Waals surface area contributed by atoms with Gasteiger partial charge in [0.2, 0.25) is 5.91 Å². The van der Waals surface area contributed by atoms with Crippen molar-refractivity contribution in [1.29, 1.82) is 0 Å². The van der Waals surface area contributed by atoms with E-state index in [-0.39, 0.29) is 36.8 Å². The summed E-state index contributed by atoms with van der Waals surface area (Å²) in [5.74, 6) is 0.0868. The van der Waals surface area contributed by atoms with Crippen LogP contribution in [0, 0.1) is 0 Å². The Morgan fingerprint density at radius 2 is 1.85 bits per heavy atom. The zero-order valence-corrected chi connectivity index (χ0v) is 13.9. The maximum Gasteiger partial charge on any atom is 0.239 e. The van der Waals surface area contributed by atoms with Crippen LogP contribution in [0.3, 0.4) is 0 Å². The molecule has 2 fully saturated rings. The summed E-state index contributed by atoms with van der Waals surface area (Å²) in [4.78, 5) is 16.2. The Bertz CT molecular complexity index is 297. The van der Waals surface area contributed by atoms with E-state index in [0.29, 0.717) is 12.1 Å². The molecule has 0 radical (unpaired) electrons. The van der Waals surface area contributed by atoms with Gasteiger partial charge < -0.3 is 15.4 Å². The molecule has 5 nitrogen and oxygen atoms in total. The summed E-state index contributed by atoms with van der Waals surface area (Å²) in [5.41, 5.74) is 5.64. The minimum atomic E-state index is -0.370. The number of nitrogens with zero attached hydrogens (tertiary/aromatic N) is 2. The van der Waals surface area contributed by atoms with Crippen molar-refractivity contribution in [3.63, 3.8) is 0 Å². The molecule has 2 N–H and O–H groups in total. The lowest BCUT2D eigenvalue weighted by atomic mass is 10.0. The van der Waals surface area contributed by atoms with Crippen molar-refractivity contribution in [2.24, 2.45) is 5.73 Å². The molecule has 2 heterocycles. The molecule has 2 saturated heterocycles. The van der Waals surface area contributed by atoms with Crippen LogP contribution in [0.2, 0.25) is 0 Å². The Morgan fingerprint density at radius 1 is 1.25 bits per heavy atom. The molecule has 0 aromatic heterocycles. The molecule has 1 amide bonds. The lowest BCUT2D eigenvalue weighted by Gasteiger charge is -2.41. The molecule has 0 aromatic rings. The van der Waals surface area contributed by atoms with Crippen LogP contribution in [-0.2, 0) is 9.53 Å². The lowest BCUT2D eigenvalue weighted by Crippen LogP contribution is -2.53. The van der Waals surface area contributed by atoms with E-state index < -0.39 is 0 Å². The van der Waals surface area contributed by atoms with Crippen LogP contribution < -0.4 is 5.73 Å². The maximum absolute atomic E-state index is 11.8. The van der Waals surface area contributed by atoms with Crippen molar-refractivity contribution in [2.75, 3.05) is 32.8 Å². The van der Waals surface area contributed by atoms with Gasteiger partial charge in [0, 0.05) is 32.2 Å². The van der Waals surface area contributed by atoms with Gasteiger partial charge in [-0.15, -0.1) is 24.8 Å². The highest BCUT2D eigenvalue weighted by atomic mass is 35.5. The molecular formula is C13H27Cl2N3O2. The van der Waals surface area contributed by atoms with Crippen LogP contribution in [-0.4, -0.2) is 66.7 Å².